The largest absolute Gasteiger partial charge is 0.313 e. The molecule has 2 heterocycles. The molecule has 3 heteroatoms. The summed E-state index contributed by atoms with van der Waals surface area (Å²) in [5, 5.41) is 2.24. The normalized spacial score (nSPS) is 51.6. The van der Waals surface area contributed by atoms with E-state index in [4.69, 9.17) is 5.73 Å². The Balaban J connectivity index is 2.01. The second-order valence-corrected chi connectivity index (χ2v) is 4.36. The molecule has 3 unspecified atom stereocenters. The van der Waals surface area contributed by atoms with E-state index in [1.165, 1.54) is 0 Å². The third-order valence-electron chi connectivity index (χ3n) is 2.41. The summed E-state index contributed by atoms with van der Waals surface area (Å²) in [6, 6.07) is 1.29. The summed E-state index contributed by atoms with van der Waals surface area (Å²) in [6.07, 6.45) is 0.226. The van der Waals surface area contributed by atoms with E-state index in [-0.39, 0.29) is 6.17 Å². The smallest absolute Gasteiger partial charge is 0.0869 e. The van der Waals surface area contributed by atoms with E-state index in [9.17, 15) is 0 Å². The average Bonchev–Trinajstić information content (AvgIpc) is 2.33. The highest BCUT2D eigenvalue weighted by Crippen LogP contribution is 2.45. The Kier molecular flexibility index (Phi) is 1.02. The number of rotatable bonds is 0. The molecular weight excluding hydrogens is 126 g/mol. The summed E-state index contributed by atoms with van der Waals surface area (Å²) in [5.41, 5.74) is 9.23. The second-order valence-electron chi connectivity index (χ2n) is 4.36. The topological polar surface area (TPSA) is 41.1 Å². The fourth-order valence-electron chi connectivity index (χ4n) is 1.88. The third kappa shape index (κ3) is 0.654. The summed E-state index contributed by atoms with van der Waals surface area (Å²) < 4.78 is 0. The molecule has 0 aliphatic carbocycles. The lowest BCUT2D eigenvalue weighted by Gasteiger charge is -2.22. The SMILES string of the molecule is CC(C)(C)C1C2C(N)N[N@]21. The van der Waals surface area contributed by atoms with Crippen LogP contribution in [0.2, 0.25) is 0 Å². The maximum Gasteiger partial charge on any atom is 0.0869 e. The minimum atomic E-state index is 0.226. The third-order valence-corrected chi connectivity index (χ3v) is 2.41. The zero-order valence-corrected chi connectivity index (χ0v) is 6.76. The molecule has 0 aromatic heterocycles. The van der Waals surface area contributed by atoms with Crippen LogP contribution in [-0.4, -0.2) is 23.3 Å². The summed E-state index contributed by atoms with van der Waals surface area (Å²) in [5.74, 6) is 0. The van der Waals surface area contributed by atoms with Gasteiger partial charge in [0.25, 0.3) is 0 Å². The Labute approximate surface area is 61.5 Å². The molecule has 0 bridgehead atoms. The number of fused-ring (bicyclic) bond motifs is 1. The van der Waals surface area contributed by atoms with Gasteiger partial charge >= 0.3 is 0 Å². The van der Waals surface area contributed by atoms with Gasteiger partial charge in [0.05, 0.1) is 12.2 Å². The van der Waals surface area contributed by atoms with Gasteiger partial charge < -0.3 is 5.73 Å². The maximum atomic E-state index is 5.70. The van der Waals surface area contributed by atoms with Crippen molar-refractivity contribution in [1.29, 1.82) is 0 Å². The van der Waals surface area contributed by atoms with Crippen LogP contribution in [0.25, 0.3) is 0 Å². The number of nitrogens with zero attached hydrogens (tertiary/aromatic N) is 1. The molecule has 2 fully saturated rings. The monoisotopic (exact) mass is 141 g/mol. The summed E-state index contributed by atoms with van der Waals surface area (Å²) >= 11 is 0. The quantitative estimate of drug-likeness (QED) is 0.462. The lowest BCUT2D eigenvalue weighted by atomic mass is 9.90. The molecule has 0 saturated carbocycles. The van der Waals surface area contributed by atoms with Crippen LogP contribution >= 0.6 is 0 Å². The first kappa shape index (κ1) is 6.58. The van der Waals surface area contributed by atoms with E-state index in [1.54, 1.807) is 0 Å². The highest BCUT2D eigenvalue weighted by atomic mass is 15.8. The summed E-state index contributed by atoms with van der Waals surface area (Å²) in [7, 11) is 0. The molecule has 0 aromatic carbocycles. The first-order valence-corrected chi connectivity index (χ1v) is 3.82. The van der Waals surface area contributed by atoms with Crippen LogP contribution in [0, 0.1) is 5.41 Å². The van der Waals surface area contributed by atoms with Crippen LogP contribution in [0.1, 0.15) is 20.8 Å². The molecule has 3 N–H and O–H groups in total. The van der Waals surface area contributed by atoms with Crippen LogP contribution in [0.3, 0.4) is 0 Å². The maximum absolute atomic E-state index is 5.70. The number of nitrogens with one attached hydrogen (secondary N) is 1. The van der Waals surface area contributed by atoms with Gasteiger partial charge in [-0.05, 0) is 5.41 Å². The lowest BCUT2D eigenvalue weighted by Crippen LogP contribution is -2.56. The number of nitrogens with two attached hydrogens (primary N) is 1. The molecule has 10 heavy (non-hydrogen) atoms. The molecule has 2 aliphatic heterocycles. The minimum Gasteiger partial charge on any atom is -0.313 e. The predicted octanol–water partition coefficient (Wildman–Crippen LogP) is -0.112. The van der Waals surface area contributed by atoms with Crippen LogP contribution < -0.4 is 11.2 Å². The average molecular weight is 141 g/mol. The van der Waals surface area contributed by atoms with E-state index in [0.29, 0.717) is 17.5 Å². The standard InChI is InChI=1S/C7H15N3/c1-7(2,3)5-4-6(8)9-10(4)5/h4-6,9H,8H2,1-3H3/t4?,5?,6?,10-/m1/s1. The first-order chi connectivity index (χ1) is 4.52. The van der Waals surface area contributed by atoms with Crippen molar-refractivity contribution in [1.82, 2.24) is 10.4 Å². The molecule has 0 spiro atoms. The molecular formula is C7H15N3. The fraction of sp³-hybridized carbons (Fsp3) is 1.00. The molecule has 4 atom stereocenters. The van der Waals surface area contributed by atoms with E-state index in [2.05, 4.69) is 31.2 Å². The zero-order valence-electron chi connectivity index (χ0n) is 6.76. The Morgan fingerprint density at radius 3 is 2.10 bits per heavy atom. The molecule has 0 aromatic rings. The Morgan fingerprint density at radius 1 is 1.40 bits per heavy atom. The Hall–Kier alpha value is -0.120. The van der Waals surface area contributed by atoms with Crippen LogP contribution in [0.15, 0.2) is 0 Å². The molecule has 0 radical (unpaired) electrons. The summed E-state index contributed by atoms with van der Waals surface area (Å²) in [6.45, 7) is 6.76. The molecule has 58 valence electrons. The van der Waals surface area contributed by atoms with Gasteiger partial charge in [0, 0.05) is 6.04 Å². The van der Waals surface area contributed by atoms with Crippen molar-refractivity contribution in [2.45, 2.75) is 39.0 Å². The number of hydrogen-bond acceptors (Lipinski definition) is 3. The highest BCUT2D eigenvalue weighted by Gasteiger charge is 2.64. The molecule has 3 nitrogen and oxygen atoms in total. The number of hydrazine groups is 1. The fourth-order valence-corrected chi connectivity index (χ4v) is 1.88. The molecule has 2 aliphatic rings. The van der Waals surface area contributed by atoms with Gasteiger partial charge in [-0.25, -0.2) is 10.4 Å². The van der Waals surface area contributed by atoms with Gasteiger partial charge in [0.2, 0.25) is 0 Å². The van der Waals surface area contributed by atoms with E-state index < -0.39 is 0 Å². The summed E-state index contributed by atoms with van der Waals surface area (Å²) in [4.78, 5) is 0. The van der Waals surface area contributed by atoms with Crippen molar-refractivity contribution in [2.24, 2.45) is 11.1 Å². The van der Waals surface area contributed by atoms with Gasteiger partial charge in [0.15, 0.2) is 0 Å². The van der Waals surface area contributed by atoms with E-state index in [0.717, 1.165) is 0 Å². The van der Waals surface area contributed by atoms with Crippen LogP contribution in [-0.2, 0) is 0 Å². The predicted molar refractivity (Wildman–Crippen MR) is 40.0 cm³/mol. The zero-order chi connectivity index (χ0) is 7.52. The van der Waals surface area contributed by atoms with Gasteiger partial charge in [-0.2, -0.15) is 0 Å². The van der Waals surface area contributed by atoms with Gasteiger partial charge in [0.1, 0.15) is 0 Å². The Bertz CT molecular complexity index is 161. The first-order valence-electron chi connectivity index (χ1n) is 3.82. The van der Waals surface area contributed by atoms with Crippen molar-refractivity contribution < 1.29 is 0 Å². The molecule has 2 rings (SSSR count). The van der Waals surface area contributed by atoms with E-state index >= 15 is 0 Å². The van der Waals surface area contributed by atoms with Gasteiger partial charge in [-0.15, -0.1) is 0 Å². The second kappa shape index (κ2) is 1.55. The van der Waals surface area contributed by atoms with Crippen molar-refractivity contribution >= 4 is 0 Å². The highest BCUT2D eigenvalue weighted by molar-refractivity contribution is 5.16. The Morgan fingerprint density at radius 2 is 2.00 bits per heavy atom. The van der Waals surface area contributed by atoms with Gasteiger partial charge in [-0.1, -0.05) is 20.8 Å². The lowest BCUT2D eigenvalue weighted by molar-refractivity contribution is 0.177. The van der Waals surface area contributed by atoms with Crippen molar-refractivity contribution in [3.05, 3.63) is 0 Å². The number of hydrogen-bond donors (Lipinski definition) is 2. The van der Waals surface area contributed by atoms with Crippen LogP contribution in [0.5, 0.6) is 0 Å². The van der Waals surface area contributed by atoms with Gasteiger partial charge in [-0.3, -0.25) is 0 Å². The van der Waals surface area contributed by atoms with Crippen LogP contribution in [0.4, 0.5) is 0 Å². The molecule has 0 amide bonds. The van der Waals surface area contributed by atoms with Crippen molar-refractivity contribution in [3.8, 4) is 0 Å². The van der Waals surface area contributed by atoms with Crippen molar-refractivity contribution in [3.63, 3.8) is 0 Å². The van der Waals surface area contributed by atoms with E-state index in [1.807, 2.05) is 0 Å². The van der Waals surface area contributed by atoms with Crippen molar-refractivity contribution in [2.75, 3.05) is 0 Å². The minimum absolute atomic E-state index is 0.226. The molecule has 2 saturated heterocycles.